The van der Waals surface area contributed by atoms with E-state index in [0.29, 0.717) is 35.7 Å². The van der Waals surface area contributed by atoms with Crippen molar-refractivity contribution in [1.29, 1.82) is 0 Å². The second-order valence-electron chi connectivity index (χ2n) is 9.59. The highest BCUT2D eigenvalue weighted by molar-refractivity contribution is 6.46. The third-order valence-corrected chi connectivity index (χ3v) is 6.81. The SMILES string of the molecule is CCCCCOc1cccc([C@H]2C(=C(O)c3ccc4c(c3)C[C@H](C)O4)C(=O)C(=O)N2Cc2ccco2)c1. The second kappa shape index (κ2) is 10.5. The molecule has 5 rings (SSSR count). The lowest BCUT2D eigenvalue weighted by Gasteiger charge is -2.25. The molecule has 0 radical (unpaired) electrons. The summed E-state index contributed by atoms with van der Waals surface area (Å²) in [5, 5.41) is 11.4. The Morgan fingerprint density at radius 2 is 1.97 bits per heavy atom. The number of nitrogens with zero attached hydrogens (tertiary/aromatic N) is 1. The molecule has 1 N–H and O–H groups in total. The molecule has 0 aliphatic carbocycles. The first-order chi connectivity index (χ1) is 18.0. The largest absolute Gasteiger partial charge is 0.507 e. The van der Waals surface area contributed by atoms with Crippen molar-refractivity contribution < 1.29 is 28.6 Å². The number of ether oxygens (including phenoxy) is 2. The molecule has 7 heteroatoms. The van der Waals surface area contributed by atoms with E-state index in [0.717, 1.165) is 30.6 Å². The van der Waals surface area contributed by atoms with Crippen LogP contribution in [0.2, 0.25) is 0 Å². The van der Waals surface area contributed by atoms with Crippen LogP contribution >= 0.6 is 0 Å². The van der Waals surface area contributed by atoms with Gasteiger partial charge in [-0.1, -0.05) is 31.9 Å². The summed E-state index contributed by atoms with van der Waals surface area (Å²) in [5.74, 6) is 0.348. The molecule has 7 nitrogen and oxygen atoms in total. The Hall–Kier alpha value is -4.00. The van der Waals surface area contributed by atoms with E-state index >= 15 is 0 Å². The van der Waals surface area contributed by atoms with Gasteiger partial charge in [0, 0.05) is 12.0 Å². The molecule has 0 spiro atoms. The zero-order valence-corrected chi connectivity index (χ0v) is 21.1. The van der Waals surface area contributed by atoms with Gasteiger partial charge in [-0.3, -0.25) is 9.59 Å². The maximum absolute atomic E-state index is 13.4. The summed E-state index contributed by atoms with van der Waals surface area (Å²) in [6.45, 7) is 4.80. The zero-order valence-electron chi connectivity index (χ0n) is 21.1. The first kappa shape index (κ1) is 24.7. The van der Waals surface area contributed by atoms with Crippen LogP contribution in [0, 0.1) is 0 Å². The Labute approximate surface area is 216 Å². The Bertz CT molecular complexity index is 1330. The fourth-order valence-corrected chi connectivity index (χ4v) is 5.00. The van der Waals surface area contributed by atoms with Crippen LogP contribution < -0.4 is 9.47 Å². The number of carbonyl (C=O) groups excluding carboxylic acids is 2. The molecule has 1 amide bonds. The minimum atomic E-state index is -0.798. The fraction of sp³-hybridized carbons (Fsp3) is 0.333. The molecule has 3 aromatic rings. The number of rotatable bonds is 9. The van der Waals surface area contributed by atoms with Gasteiger partial charge in [0.25, 0.3) is 11.7 Å². The maximum Gasteiger partial charge on any atom is 0.296 e. The number of ketones is 1. The Morgan fingerprint density at radius 1 is 1.11 bits per heavy atom. The average molecular weight is 502 g/mol. The average Bonchev–Trinajstić information content (AvgIpc) is 3.60. The number of hydrogen-bond acceptors (Lipinski definition) is 6. The van der Waals surface area contributed by atoms with Crippen LogP contribution in [0.15, 0.2) is 70.9 Å². The number of aliphatic hydroxyl groups excluding tert-OH is 1. The van der Waals surface area contributed by atoms with Crippen LogP contribution in [-0.2, 0) is 22.6 Å². The fourth-order valence-electron chi connectivity index (χ4n) is 5.00. The molecule has 1 saturated heterocycles. The van der Waals surface area contributed by atoms with Crippen molar-refractivity contribution >= 4 is 17.4 Å². The summed E-state index contributed by atoms with van der Waals surface area (Å²) in [4.78, 5) is 28.1. The molecule has 0 unspecified atom stereocenters. The molecule has 0 saturated carbocycles. The van der Waals surface area contributed by atoms with Gasteiger partial charge in [-0.25, -0.2) is 0 Å². The van der Waals surface area contributed by atoms with Crippen molar-refractivity contribution in [2.45, 2.75) is 58.2 Å². The predicted molar refractivity (Wildman–Crippen MR) is 138 cm³/mol. The van der Waals surface area contributed by atoms with Crippen molar-refractivity contribution in [3.05, 3.63) is 88.9 Å². The number of unbranched alkanes of at least 4 members (excludes halogenated alkanes) is 2. The lowest BCUT2D eigenvalue weighted by Crippen LogP contribution is -2.29. The molecule has 2 atom stereocenters. The topological polar surface area (TPSA) is 89.2 Å². The maximum atomic E-state index is 13.4. The van der Waals surface area contributed by atoms with Crippen molar-refractivity contribution in [2.75, 3.05) is 6.61 Å². The molecule has 2 aromatic carbocycles. The summed E-state index contributed by atoms with van der Waals surface area (Å²) in [7, 11) is 0. The van der Waals surface area contributed by atoms with E-state index in [-0.39, 0.29) is 24.0 Å². The van der Waals surface area contributed by atoms with Crippen molar-refractivity contribution in [3.63, 3.8) is 0 Å². The van der Waals surface area contributed by atoms with Gasteiger partial charge >= 0.3 is 0 Å². The van der Waals surface area contributed by atoms with Crippen molar-refractivity contribution in [3.8, 4) is 11.5 Å². The third kappa shape index (κ3) is 4.99. The molecule has 0 bridgehead atoms. The number of Topliss-reactive ketones (excluding diaryl/α,β-unsaturated/α-hetero) is 1. The van der Waals surface area contributed by atoms with Crippen LogP contribution in [0.25, 0.3) is 5.76 Å². The highest BCUT2D eigenvalue weighted by Gasteiger charge is 2.46. The number of fused-ring (bicyclic) bond motifs is 1. The van der Waals surface area contributed by atoms with Gasteiger partial charge in [-0.05, 0) is 66.9 Å². The van der Waals surface area contributed by atoms with E-state index in [4.69, 9.17) is 13.9 Å². The summed E-state index contributed by atoms with van der Waals surface area (Å²) in [5.41, 5.74) is 2.16. The van der Waals surface area contributed by atoms with Gasteiger partial charge in [-0.2, -0.15) is 0 Å². The molecule has 2 aliphatic rings. The van der Waals surface area contributed by atoms with Gasteiger partial charge in [-0.15, -0.1) is 0 Å². The number of hydrogen-bond donors (Lipinski definition) is 1. The molecule has 2 aliphatic heterocycles. The molecule has 1 fully saturated rings. The smallest absolute Gasteiger partial charge is 0.296 e. The van der Waals surface area contributed by atoms with Gasteiger partial charge in [0.1, 0.15) is 29.1 Å². The molecular formula is C30H31NO6. The van der Waals surface area contributed by atoms with Crippen LogP contribution in [-0.4, -0.2) is 34.4 Å². The summed E-state index contributed by atoms with van der Waals surface area (Å²) >= 11 is 0. The number of aliphatic hydroxyl groups is 1. The highest BCUT2D eigenvalue weighted by Crippen LogP contribution is 2.42. The Morgan fingerprint density at radius 3 is 2.76 bits per heavy atom. The van der Waals surface area contributed by atoms with Gasteiger partial charge < -0.3 is 23.9 Å². The number of carbonyl (C=O) groups is 2. The number of amides is 1. The predicted octanol–water partition coefficient (Wildman–Crippen LogP) is 5.79. The van der Waals surface area contributed by atoms with E-state index in [1.807, 2.05) is 37.3 Å². The third-order valence-electron chi connectivity index (χ3n) is 6.81. The molecular weight excluding hydrogens is 470 g/mol. The van der Waals surface area contributed by atoms with Crippen molar-refractivity contribution in [1.82, 2.24) is 4.90 Å². The van der Waals surface area contributed by atoms with Gasteiger partial charge in [0.2, 0.25) is 0 Å². The van der Waals surface area contributed by atoms with Crippen LogP contribution in [0.1, 0.15) is 61.6 Å². The number of benzene rings is 2. The minimum Gasteiger partial charge on any atom is -0.507 e. The normalized spacial score (nSPS) is 20.2. The molecule has 3 heterocycles. The Balaban J connectivity index is 1.56. The number of likely N-dealkylation sites (tertiary alicyclic amines) is 1. The summed E-state index contributed by atoms with van der Waals surface area (Å²) in [6.07, 6.45) is 5.40. The highest BCUT2D eigenvalue weighted by atomic mass is 16.5. The van der Waals surface area contributed by atoms with E-state index in [2.05, 4.69) is 6.92 Å². The Kier molecular flexibility index (Phi) is 7.04. The molecule has 37 heavy (non-hydrogen) atoms. The van der Waals surface area contributed by atoms with E-state index in [1.165, 1.54) is 11.2 Å². The van der Waals surface area contributed by atoms with E-state index in [9.17, 15) is 14.7 Å². The molecule has 192 valence electrons. The quantitative estimate of drug-likeness (QED) is 0.173. The first-order valence-corrected chi connectivity index (χ1v) is 12.8. The van der Waals surface area contributed by atoms with Gasteiger partial charge in [0.15, 0.2) is 0 Å². The van der Waals surface area contributed by atoms with Crippen LogP contribution in [0.3, 0.4) is 0 Å². The second-order valence-corrected chi connectivity index (χ2v) is 9.59. The lowest BCUT2D eigenvalue weighted by atomic mass is 9.94. The standard InChI is InChI=1S/C30H31NO6/c1-3-4-5-13-35-23-9-6-8-20(17-23)27-26(29(33)30(34)31(27)18-24-10-7-14-36-24)28(32)21-11-12-25-22(16-21)15-19(2)37-25/h6-12,14,16-17,19,27,32H,3-5,13,15,18H2,1-2H3/t19-,27-/m0/s1. The van der Waals surface area contributed by atoms with E-state index < -0.39 is 17.7 Å². The first-order valence-electron chi connectivity index (χ1n) is 12.8. The summed E-state index contributed by atoms with van der Waals surface area (Å²) in [6, 6.07) is 15.4. The molecule has 1 aromatic heterocycles. The van der Waals surface area contributed by atoms with E-state index in [1.54, 1.807) is 24.3 Å². The zero-order chi connectivity index (χ0) is 25.9. The number of furan rings is 1. The van der Waals surface area contributed by atoms with Gasteiger partial charge in [0.05, 0.1) is 31.0 Å². The minimum absolute atomic E-state index is 0.0475. The van der Waals surface area contributed by atoms with Crippen LogP contribution in [0.4, 0.5) is 0 Å². The van der Waals surface area contributed by atoms with Crippen LogP contribution in [0.5, 0.6) is 11.5 Å². The lowest BCUT2D eigenvalue weighted by molar-refractivity contribution is -0.140. The van der Waals surface area contributed by atoms with Crippen molar-refractivity contribution in [2.24, 2.45) is 0 Å². The monoisotopic (exact) mass is 501 g/mol. The summed E-state index contributed by atoms with van der Waals surface area (Å²) < 4.78 is 17.2.